The average molecular weight is 587 g/mol. The number of amides is 1. The molecule has 1 amide bonds. The van der Waals surface area contributed by atoms with Gasteiger partial charge in [0.25, 0.3) is 0 Å². The highest BCUT2D eigenvalue weighted by molar-refractivity contribution is 5.92. The van der Waals surface area contributed by atoms with Crippen LogP contribution in [0.5, 0.6) is 17.2 Å². The number of halogens is 3. The molecule has 0 aromatic heterocycles. The summed E-state index contributed by atoms with van der Waals surface area (Å²) in [5, 5.41) is 12.6. The van der Waals surface area contributed by atoms with E-state index in [1.807, 2.05) is 24.8 Å². The van der Waals surface area contributed by atoms with Gasteiger partial charge in [0.1, 0.15) is 11.9 Å². The van der Waals surface area contributed by atoms with Gasteiger partial charge in [-0.3, -0.25) is 4.79 Å². The number of carbonyl (C=O) groups excluding carboxylic acids is 1. The number of likely N-dealkylation sites (tertiary alicyclic amines) is 1. The van der Waals surface area contributed by atoms with Gasteiger partial charge in [0.2, 0.25) is 5.91 Å². The van der Waals surface area contributed by atoms with Gasteiger partial charge in [0.05, 0.1) is 24.2 Å². The number of hydrogen-bond donors (Lipinski definition) is 1. The molecule has 0 radical (unpaired) electrons. The van der Waals surface area contributed by atoms with E-state index in [0.717, 1.165) is 24.1 Å². The van der Waals surface area contributed by atoms with E-state index in [-0.39, 0.29) is 29.7 Å². The van der Waals surface area contributed by atoms with Crippen molar-refractivity contribution >= 4 is 12.0 Å². The van der Waals surface area contributed by atoms with E-state index in [4.69, 9.17) is 9.47 Å². The Morgan fingerprint density at radius 1 is 1.26 bits per heavy atom. The number of alkyl halides is 3. The maximum absolute atomic E-state index is 13.9. The second-order valence-corrected chi connectivity index (χ2v) is 12.5. The number of piperidine rings is 1. The molecule has 2 aliphatic carbocycles. The van der Waals surface area contributed by atoms with Crippen molar-refractivity contribution in [3.63, 3.8) is 0 Å². The lowest BCUT2D eigenvalue weighted by Gasteiger charge is -2.64. The second kappa shape index (κ2) is 10.2. The number of rotatable bonds is 7. The molecule has 0 unspecified atom stereocenters. The highest BCUT2D eigenvalue weighted by Crippen LogP contribution is 2.65. The van der Waals surface area contributed by atoms with E-state index in [1.54, 1.807) is 13.2 Å². The Labute approximate surface area is 243 Å². The van der Waals surface area contributed by atoms with Gasteiger partial charge in [-0.15, -0.1) is 13.2 Å². The number of ether oxygens (including phenoxy) is 3. The normalized spacial score (nSPS) is 29.8. The van der Waals surface area contributed by atoms with Crippen molar-refractivity contribution in [3.8, 4) is 17.2 Å². The van der Waals surface area contributed by atoms with Crippen LogP contribution in [0.2, 0.25) is 0 Å². The molecule has 226 valence electrons. The van der Waals surface area contributed by atoms with Crippen LogP contribution >= 0.6 is 0 Å². The third-order valence-corrected chi connectivity index (χ3v) is 9.66. The molecular formula is C32H37F3N2O5. The fourth-order valence-electron chi connectivity index (χ4n) is 8.06. The third-order valence-electron chi connectivity index (χ3n) is 9.66. The molecule has 2 fully saturated rings. The lowest BCUT2D eigenvalue weighted by Crippen LogP contribution is -2.78. The summed E-state index contributed by atoms with van der Waals surface area (Å²) in [6.07, 6.45) is 0.116. The van der Waals surface area contributed by atoms with Crippen LogP contribution in [-0.2, 0) is 16.6 Å². The molecule has 2 aromatic rings. The minimum atomic E-state index is -4.80. The van der Waals surface area contributed by atoms with Crippen molar-refractivity contribution in [1.29, 1.82) is 0 Å². The van der Waals surface area contributed by atoms with Crippen LogP contribution < -0.4 is 14.2 Å². The van der Waals surface area contributed by atoms with Crippen LogP contribution in [0.1, 0.15) is 49.8 Å². The fourth-order valence-corrected chi connectivity index (χ4v) is 8.06. The standard InChI is InChI=1S/C32H37F3N2O5/c1-19(2)18-37(26(38)11-8-20-6-5-7-22(16-20)42-32(33,34)35)23-12-13-31(39)25-17-21-9-10-24(40-4)28-27(21)30(31,29(23)41-28)14-15-36(25)3/h5-11,16,19,23,25,29,39H,12-15,17-18H2,1-4H3/t23-,25+,29-,30-,31+/m0/s1. The van der Waals surface area contributed by atoms with Crippen LogP contribution in [0.15, 0.2) is 42.5 Å². The average Bonchev–Trinajstić information content (AvgIpc) is 3.27. The van der Waals surface area contributed by atoms with Crippen LogP contribution in [0, 0.1) is 5.92 Å². The summed E-state index contributed by atoms with van der Waals surface area (Å²) >= 11 is 0. The summed E-state index contributed by atoms with van der Waals surface area (Å²) in [5.41, 5.74) is 0.880. The monoisotopic (exact) mass is 586 g/mol. The van der Waals surface area contributed by atoms with Crippen LogP contribution in [0.4, 0.5) is 13.2 Å². The molecule has 1 saturated heterocycles. The van der Waals surface area contributed by atoms with Crippen molar-refractivity contribution in [3.05, 3.63) is 59.2 Å². The number of nitrogens with zero attached hydrogens (tertiary/aromatic N) is 2. The Balaban J connectivity index is 1.37. The number of benzene rings is 2. The van der Waals surface area contributed by atoms with Gasteiger partial charge in [-0.2, -0.15) is 0 Å². The maximum atomic E-state index is 13.9. The smallest absolute Gasteiger partial charge is 0.493 e. The Bertz CT molecular complexity index is 1410. The van der Waals surface area contributed by atoms with Crippen molar-refractivity contribution in [1.82, 2.24) is 9.80 Å². The number of carbonyl (C=O) groups is 1. The molecule has 42 heavy (non-hydrogen) atoms. The quantitative estimate of drug-likeness (QED) is 0.464. The lowest BCUT2D eigenvalue weighted by molar-refractivity contribution is -0.274. The van der Waals surface area contributed by atoms with E-state index in [0.29, 0.717) is 42.9 Å². The minimum absolute atomic E-state index is 0.0644. The summed E-state index contributed by atoms with van der Waals surface area (Å²) in [6.45, 7) is 5.33. The van der Waals surface area contributed by atoms with Gasteiger partial charge in [0.15, 0.2) is 11.5 Å². The number of methoxy groups -OCH3 is 1. The number of likely N-dealkylation sites (N-methyl/N-ethyl adjacent to an activating group) is 1. The number of hydrogen-bond acceptors (Lipinski definition) is 6. The highest BCUT2D eigenvalue weighted by Gasteiger charge is 2.73. The zero-order valence-corrected chi connectivity index (χ0v) is 24.3. The van der Waals surface area contributed by atoms with E-state index in [2.05, 4.69) is 22.8 Å². The van der Waals surface area contributed by atoms with Gasteiger partial charge >= 0.3 is 6.36 Å². The summed E-state index contributed by atoms with van der Waals surface area (Å²) in [4.78, 5) is 18.0. The van der Waals surface area contributed by atoms with Gasteiger partial charge in [-0.1, -0.05) is 32.0 Å². The minimum Gasteiger partial charge on any atom is -0.493 e. The van der Waals surface area contributed by atoms with E-state index in [9.17, 15) is 23.1 Å². The third kappa shape index (κ3) is 4.45. The van der Waals surface area contributed by atoms with Gasteiger partial charge in [-0.05, 0) is 80.6 Å². The van der Waals surface area contributed by atoms with Gasteiger partial charge < -0.3 is 29.1 Å². The fraction of sp³-hybridized carbons (Fsp3) is 0.531. The first-order chi connectivity index (χ1) is 19.9. The van der Waals surface area contributed by atoms with Crippen molar-refractivity contribution < 1.29 is 37.3 Å². The predicted molar refractivity (Wildman–Crippen MR) is 151 cm³/mol. The summed E-state index contributed by atoms with van der Waals surface area (Å²) < 4.78 is 54.7. The lowest BCUT2D eigenvalue weighted by atomic mass is 9.48. The largest absolute Gasteiger partial charge is 0.573 e. The van der Waals surface area contributed by atoms with Crippen LogP contribution in [-0.4, -0.2) is 78.2 Å². The topological polar surface area (TPSA) is 71.5 Å². The van der Waals surface area contributed by atoms with Crippen molar-refractivity contribution in [2.45, 2.75) is 75.1 Å². The Morgan fingerprint density at radius 3 is 2.76 bits per heavy atom. The SMILES string of the molecule is COc1ccc2c3c1O[C@H]1[C@@H](N(CC(C)C)C(=O)C=Cc4cccc(OC(F)(F)F)c4)CC[C@@]4(O)[C@@H](C2)N(C)CC[C@]314. The molecule has 2 bridgehead atoms. The zero-order chi connectivity index (χ0) is 30.0. The van der Waals surface area contributed by atoms with Crippen LogP contribution in [0.3, 0.4) is 0 Å². The molecule has 2 aromatic carbocycles. The Hall–Kier alpha value is -3.24. The first-order valence-corrected chi connectivity index (χ1v) is 14.5. The summed E-state index contributed by atoms with van der Waals surface area (Å²) in [7, 11) is 3.68. The molecular weight excluding hydrogens is 549 g/mol. The first kappa shape index (κ1) is 28.9. The Morgan fingerprint density at radius 2 is 2.05 bits per heavy atom. The Kier molecular flexibility index (Phi) is 7.00. The van der Waals surface area contributed by atoms with Gasteiger partial charge in [-0.25, -0.2) is 0 Å². The summed E-state index contributed by atoms with van der Waals surface area (Å²) in [5.74, 6) is 0.832. The molecule has 1 saturated carbocycles. The molecule has 6 rings (SSSR count). The van der Waals surface area contributed by atoms with E-state index in [1.165, 1.54) is 30.4 Å². The molecule has 10 heteroatoms. The van der Waals surface area contributed by atoms with Crippen molar-refractivity contribution in [2.24, 2.45) is 5.92 Å². The first-order valence-electron chi connectivity index (χ1n) is 14.5. The van der Waals surface area contributed by atoms with Gasteiger partial charge in [0, 0.05) is 24.2 Å². The highest BCUT2D eigenvalue weighted by atomic mass is 19.4. The molecule has 5 atom stereocenters. The van der Waals surface area contributed by atoms with Crippen molar-refractivity contribution in [2.75, 3.05) is 27.2 Å². The van der Waals surface area contributed by atoms with E-state index < -0.39 is 23.5 Å². The van der Waals surface area contributed by atoms with E-state index >= 15 is 0 Å². The molecule has 1 spiro atoms. The predicted octanol–water partition coefficient (Wildman–Crippen LogP) is 4.94. The molecule has 2 aliphatic heterocycles. The molecule has 2 heterocycles. The van der Waals surface area contributed by atoms with Crippen LogP contribution in [0.25, 0.3) is 6.08 Å². The molecule has 4 aliphatic rings. The maximum Gasteiger partial charge on any atom is 0.573 e. The summed E-state index contributed by atoms with van der Waals surface area (Å²) in [6, 6.07) is 9.15. The second-order valence-electron chi connectivity index (χ2n) is 12.5. The zero-order valence-electron chi connectivity index (χ0n) is 24.3. The molecule has 1 N–H and O–H groups in total. The number of aliphatic hydroxyl groups is 1. The molecule has 7 nitrogen and oxygen atoms in total.